The minimum Gasteiger partial charge on any atom is -0.0654 e. The lowest BCUT2D eigenvalue weighted by molar-refractivity contribution is 0.417. The summed E-state index contributed by atoms with van der Waals surface area (Å²) in [5.74, 6) is 1.84. The number of hydrogen-bond acceptors (Lipinski definition) is 0. The normalized spacial score (nSPS) is 12.7. The van der Waals surface area contributed by atoms with E-state index in [1.807, 2.05) is 0 Å². The molecule has 0 aliphatic heterocycles. The lowest BCUT2D eigenvalue weighted by atomic mass is 9.95. The summed E-state index contributed by atoms with van der Waals surface area (Å²) in [4.78, 5) is 0. The fraction of sp³-hybridized carbons (Fsp3) is 1.00. The largest absolute Gasteiger partial charge is 0.0654 e. The highest BCUT2D eigenvalue weighted by molar-refractivity contribution is 4.57. The SMILES string of the molecule is CCCCCCCCCCCCCCCCCCCCCCC(C)CCCC(C)C. The molecule has 30 heavy (non-hydrogen) atoms. The molecular weight excluding hydrogens is 360 g/mol. The second kappa shape index (κ2) is 25.3. The molecule has 0 aromatic heterocycles. The molecule has 0 heterocycles. The van der Waals surface area contributed by atoms with Crippen LogP contribution in [0.4, 0.5) is 0 Å². The third-order valence-corrected chi connectivity index (χ3v) is 7.03. The van der Waals surface area contributed by atoms with E-state index in [1.54, 1.807) is 0 Å². The average Bonchev–Trinajstić information content (AvgIpc) is 2.72. The van der Waals surface area contributed by atoms with Crippen molar-refractivity contribution in [3.05, 3.63) is 0 Å². The topological polar surface area (TPSA) is 0 Å². The molecule has 0 aromatic rings. The maximum atomic E-state index is 2.47. The number of unbranched alkanes of at least 4 members (excludes halogenated alkanes) is 19. The molecule has 0 aromatic carbocycles. The molecular formula is C30H62. The van der Waals surface area contributed by atoms with Gasteiger partial charge in [0.05, 0.1) is 0 Å². The third-order valence-electron chi connectivity index (χ3n) is 7.03. The fourth-order valence-electron chi connectivity index (χ4n) is 4.77. The van der Waals surface area contributed by atoms with Crippen LogP contribution in [-0.4, -0.2) is 0 Å². The molecule has 0 fully saturated rings. The summed E-state index contributed by atoms with van der Waals surface area (Å²) in [6.45, 7) is 9.47. The predicted octanol–water partition coefficient (Wildman–Crippen LogP) is 11.7. The molecule has 0 amide bonds. The molecule has 0 aliphatic carbocycles. The van der Waals surface area contributed by atoms with Crippen LogP contribution in [0.3, 0.4) is 0 Å². The van der Waals surface area contributed by atoms with Crippen LogP contribution in [0.1, 0.15) is 182 Å². The zero-order valence-corrected chi connectivity index (χ0v) is 22.1. The molecule has 0 rings (SSSR count). The second-order valence-corrected chi connectivity index (χ2v) is 10.9. The van der Waals surface area contributed by atoms with Gasteiger partial charge in [0, 0.05) is 0 Å². The lowest BCUT2D eigenvalue weighted by Crippen LogP contribution is -1.96. The van der Waals surface area contributed by atoms with Crippen molar-refractivity contribution in [2.24, 2.45) is 11.8 Å². The van der Waals surface area contributed by atoms with E-state index in [1.165, 1.54) is 154 Å². The van der Waals surface area contributed by atoms with Crippen molar-refractivity contribution >= 4 is 0 Å². The summed E-state index contributed by atoms with van der Waals surface area (Å²) in [7, 11) is 0. The van der Waals surface area contributed by atoms with Crippen molar-refractivity contribution in [2.75, 3.05) is 0 Å². The van der Waals surface area contributed by atoms with Crippen LogP contribution in [0.25, 0.3) is 0 Å². The van der Waals surface area contributed by atoms with Gasteiger partial charge < -0.3 is 0 Å². The van der Waals surface area contributed by atoms with Gasteiger partial charge in [0.1, 0.15) is 0 Å². The van der Waals surface area contributed by atoms with Crippen LogP contribution in [0.15, 0.2) is 0 Å². The molecule has 1 unspecified atom stereocenters. The van der Waals surface area contributed by atoms with Crippen LogP contribution in [-0.2, 0) is 0 Å². The Balaban J connectivity index is 3.08. The molecule has 182 valence electrons. The highest BCUT2D eigenvalue weighted by Gasteiger charge is 2.03. The summed E-state index contributed by atoms with van der Waals surface area (Å²) in [5.41, 5.74) is 0. The first kappa shape index (κ1) is 30.0. The maximum Gasteiger partial charge on any atom is -0.0443 e. The molecule has 0 saturated heterocycles. The second-order valence-electron chi connectivity index (χ2n) is 10.9. The summed E-state index contributed by atoms with van der Waals surface area (Å²) in [5, 5.41) is 0. The Kier molecular flexibility index (Phi) is 25.3. The predicted molar refractivity (Wildman–Crippen MR) is 140 cm³/mol. The average molecular weight is 423 g/mol. The lowest BCUT2D eigenvalue weighted by Gasteiger charge is -2.12. The summed E-state index contributed by atoms with van der Waals surface area (Å²) in [6, 6.07) is 0. The molecule has 1 atom stereocenters. The van der Waals surface area contributed by atoms with Gasteiger partial charge in [0.25, 0.3) is 0 Å². The van der Waals surface area contributed by atoms with E-state index in [4.69, 9.17) is 0 Å². The monoisotopic (exact) mass is 422 g/mol. The van der Waals surface area contributed by atoms with Gasteiger partial charge in [-0.1, -0.05) is 182 Å². The van der Waals surface area contributed by atoms with E-state index in [9.17, 15) is 0 Å². The standard InChI is InChI=1S/C30H62/c1-5-6-7-8-9-10-11-12-13-14-15-16-17-18-19-20-21-22-23-24-27-30(4)28-25-26-29(2)3/h29-30H,5-28H2,1-4H3. The van der Waals surface area contributed by atoms with Crippen molar-refractivity contribution in [3.63, 3.8) is 0 Å². The Morgan fingerprint density at radius 1 is 0.333 bits per heavy atom. The van der Waals surface area contributed by atoms with E-state index in [2.05, 4.69) is 27.7 Å². The van der Waals surface area contributed by atoms with Gasteiger partial charge in [-0.25, -0.2) is 0 Å². The Bertz CT molecular complexity index is 292. The zero-order valence-electron chi connectivity index (χ0n) is 22.1. The Hall–Kier alpha value is 0. The highest BCUT2D eigenvalue weighted by atomic mass is 14.1. The van der Waals surface area contributed by atoms with Gasteiger partial charge in [-0.15, -0.1) is 0 Å². The Morgan fingerprint density at radius 2 is 0.633 bits per heavy atom. The van der Waals surface area contributed by atoms with Gasteiger partial charge in [0.15, 0.2) is 0 Å². The van der Waals surface area contributed by atoms with E-state index >= 15 is 0 Å². The molecule has 0 radical (unpaired) electrons. The Labute approximate surface area is 193 Å². The zero-order chi connectivity index (χ0) is 22.1. The van der Waals surface area contributed by atoms with Crippen LogP contribution in [0.5, 0.6) is 0 Å². The number of hydrogen-bond donors (Lipinski definition) is 0. The molecule has 0 heteroatoms. The summed E-state index contributed by atoms with van der Waals surface area (Å²) in [6.07, 6.45) is 35.3. The molecule has 0 N–H and O–H groups in total. The summed E-state index contributed by atoms with van der Waals surface area (Å²) >= 11 is 0. The van der Waals surface area contributed by atoms with Gasteiger partial charge in [-0.05, 0) is 11.8 Å². The maximum absolute atomic E-state index is 2.47. The Morgan fingerprint density at radius 3 is 0.967 bits per heavy atom. The number of rotatable bonds is 25. The van der Waals surface area contributed by atoms with E-state index in [-0.39, 0.29) is 0 Å². The van der Waals surface area contributed by atoms with Crippen LogP contribution >= 0.6 is 0 Å². The van der Waals surface area contributed by atoms with Crippen molar-refractivity contribution in [1.82, 2.24) is 0 Å². The summed E-state index contributed by atoms with van der Waals surface area (Å²) < 4.78 is 0. The van der Waals surface area contributed by atoms with E-state index in [0.717, 1.165) is 11.8 Å². The molecule has 0 aliphatic rings. The molecule has 0 bridgehead atoms. The first-order valence-electron chi connectivity index (χ1n) is 14.7. The third kappa shape index (κ3) is 26.0. The van der Waals surface area contributed by atoms with Crippen LogP contribution < -0.4 is 0 Å². The van der Waals surface area contributed by atoms with Gasteiger partial charge >= 0.3 is 0 Å². The quantitative estimate of drug-likeness (QED) is 0.128. The van der Waals surface area contributed by atoms with Gasteiger partial charge in [-0.3, -0.25) is 0 Å². The van der Waals surface area contributed by atoms with Crippen LogP contribution in [0, 0.1) is 11.8 Å². The van der Waals surface area contributed by atoms with Gasteiger partial charge in [-0.2, -0.15) is 0 Å². The minimum atomic E-state index is 0.886. The van der Waals surface area contributed by atoms with Gasteiger partial charge in [0.2, 0.25) is 0 Å². The first-order valence-corrected chi connectivity index (χ1v) is 14.7. The first-order chi connectivity index (χ1) is 14.7. The van der Waals surface area contributed by atoms with Crippen molar-refractivity contribution in [3.8, 4) is 0 Å². The highest BCUT2D eigenvalue weighted by Crippen LogP contribution is 2.19. The van der Waals surface area contributed by atoms with Crippen molar-refractivity contribution < 1.29 is 0 Å². The van der Waals surface area contributed by atoms with Crippen molar-refractivity contribution in [1.29, 1.82) is 0 Å². The molecule has 0 saturated carbocycles. The van der Waals surface area contributed by atoms with E-state index < -0.39 is 0 Å². The van der Waals surface area contributed by atoms with Crippen molar-refractivity contribution in [2.45, 2.75) is 182 Å². The van der Waals surface area contributed by atoms with E-state index in [0.29, 0.717) is 0 Å². The van der Waals surface area contributed by atoms with Crippen LogP contribution in [0.2, 0.25) is 0 Å². The minimum absolute atomic E-state index is 0.886. The fourth-order valence-corrected chi connectivity index (χ4v) is 4.77. The smallest absolute Gasteiger partial charge is 0.0443 e. The molecule has 0 nitrogen and oxygen atoms in total. The molecule has 0 spiro atoms.